The van der Waals surface area contributed by atoms with Gasteiger partial charge in [0.05, 0.1) is 19.8 Å². The second-order valence-electron chi connectivity index (χ2n) is 6.06. The summed E-state index contributed by atoms with van der Waals surface area (Å²) in [6.07, 6.45) is 1.82. The second-order valence-corrected chi connectivity index (χ2v) is 6.06. The normalized spacial score (nSPS) is 11.0. The molecule has 1 aromatic carbocycles. The Balaban J connectivity index is 2.24. The predicted molar refractivity (Wildman–Crippen MR) is 88.3 cm³/mol. The predicted octanol–water partition coefficient (Wildman–Crippen LogP) is 3.00. The summed E-state index contributed by atoms with van der Waals surface area (Å²) in [4.78, 5) is 25.6. The number of hydrogen-bond donors (Lipinski definition) is 0. The Labute approximate surface area is 136 Å². The molecule has 0 N–H and O–H groups in total. The molecule has 0 aliphatic rings. The van der Waals surface area contributed by atoms with E-state index in [2.05, 4.69) is 4.74 Å². The Morgan fingerprint density at radius 1 is 1.22 bits per heavy atom. The van der Waals surface area contributed by atoms with Crippen molar-refractivity contribution in [3.8, 4) is 0 Å². The summed E-state index contributed by atoms with van der Waals surface area (Å²) in [5, 5.41) is 0.947. The van der Waals surface area contributed by atoms with Crippen molar-refractivity contribution in [2.45, 2.75) is 40.2 Å². The van der Waals surface area contributed by atoms with E-state index in [1.807, 2.05) is 39.8 Å². The monoisotopic (exact) mass is 317 g/mol. The van der Waals surface area contributed by atoms with Crippen molar-refractivity contribution in [1.82, 2.24) is 4.90 Å². The van der Waals surface area contributed by atoms with Gasteiger partial charge >= 0.3 is 5.97 Å². The molecule has 0 unspecified atom stereocenters. The Kier molecular flexibility index (Phi) is 5.08. The van der Waals surface area contributed by atoms with Crippen LogP contribution >= 0.6 is 0 Å². The van der Waals surface area contributed by atoms with Crippen LogP contribution in [0, 0.1) is 13.8 Å². The molecule has 1 amide bonds. The molecule has 0 spiro atoms. The van der Waals surface area contributed by atoms with Gasteiger partial charge in [-0.15, -0.1) is 0 Å². The summed E-state index contributed by atoms with van der Waals surface area (Å²) in [6, 6.07) is 3.94. The first-order chi connectivity index (χ1) is 10.8. The number of esters is 1. The summed E-state index contributed by atoms with van der Waals surface area (Å²) in [5.74, 6) is -0.540. The molecule has 23 heavy (non-hydrogen) atoms. The molecule has 5 heteroatoms. The molecule has 5 nitrogen and oxygen atoms in total. The average Bonchev–Trinajstić information content (AvgIpc) is 2.86. The zero-order chi connectivity index (χ0) is 17.1. The van der Waals surface area contributed by atoms with Crippen LogP contribution in [-0.4, -0.2) is 36.5 Å². The quantitative estimate of drug-likeness (QED) is 0.795. The first-order valence-corrected chi connectivity index (χ1v) is 7.67. The number of methoxy groups -OCH3 is 1. The van der Waals surface area contributed by atoms with Crippen LogP contribution in [0.15, 0.2) is 22.8 Å². The third-order valence-corrected chi connectivity index (χ3v) is 4.08. The SMILES string of the molecule is COC(=O)CN(C(=O)Cc1coc2cc(C)c(C)cc12)C(C)C. The average molecular weight is 317 g/mol. The topological polar surface area (TPSA) is 59.8 Å². The molecule has 0 aliphatic carbocycles. The number of carbonyl (C=O) groups excluding carboxylic acids is 2. The molecule has 0 atom stereocenters. The first kappa shape index (κ1) is 17.1. The number of nitrogens with zero attached hydrogens (tertiary/aromatic N) is 1. The molecular formula is C18H23NO4. The Morgan fingerprint density at radius 3 is 2.48 bits per heavy atom. The van der Waals surface area contributed by atoms with E-state index in [1.165, 1.54) is 12.0 Å². The number of ether oxygens (including phenoxy) is 1. The molecule has 0 radical (unpaired) electrons. The number of benzene rings is 1. The number of furan rings is 1. The van der Waals surface area contributed by atoms with Gasteiger partial charge in [-0.25, -0.2) is 0 Å². The minimum atomic E-state index is -0.421. The highest BCUT2D eigenvalue weighted by molar-refractivity contribution is 5.90. The highest BCUT2D eigenvalue weighted by Crippen LogP contribution is 2.25. The Hall–Kier alpha value is -2.30. The van der Waals surface area contributed by atoms with E-state index < -0.39 is 5.97 Å². The Morgan fingerprint density at radius 2 is 1.87 bits per heavy atom. The van der Waals surface area contributed by atoms with E-state index in [4.69, 9.17) is 4.42 Å². The summed E-state index contributed by atoms with van der Waals surface area (Å²) in [6.45, 7) is 7.77. The van der Waals surface area contributed by atoms with E-state index >= 15 is 0 Å². The van der Waals surface area contributed by atoms with Gasteiger partial charge in [-0.2, -0.15) is 0 Å². The summed E-state index contributed by atoms with van der Waals surface area (Å²) >= 11 is 0. The zero-order valence-corrected chi connectivity index (χ0v) is 14.3. The molecule has 2 aromatic rings. The zero-order valence-electron chi connectivity index (χ0n) is 14.3. The van der Waals surface area contributed by atoms with Crippen molar-refractivity contribution in [1.29, 1.82) is 0 Å². The lowest BCUT2D eigenvalue weighted by atomic mass is 10.0. The fraction of sp³-hybridized carbons (Fsp3) is 0.444. The molecule has 0 saturated carbocycles. The first-order valence-electron chi connectivity index (χ1n) is 7.67. The Bertz CT molecular complexity index is 730. The van der Waals surface area contributed by atoms with Crippen LogP contribution in [0.25, 0.3) is 11.0 Å². The van der Waals surface area contributed by atoms with Gasteiger partial charge in [0.1, 0.15) is 12.1 Å². The molecule has 0 aliphatic heterocycles. The van der Waals surface area contributed by atoms with Crippen molar-refractivity contribution in [2.75, 3.05) is 13.7 Å². The van der Waals surface area contributed by atoms with Gasteiger partial charge < -0.3 is 14.1 Å². The maximum Gasteiger partial charge on any atom is 0.325 e. The third-order valence-electron chi connectivity index (χ3n) is 4.08. The largest absolute Gasteiger partial charge is 0.468 e. The lowest BCUT2D eigenvalue weighted by Gasteiger charge is -2.25. The number of carbonyl (C=O) groups is 2. The lowest BCUT2D eigenvalue weighted by Crippen LogP contribution is -2.41. The summed E-state index contributed by atoms with van der Waals surface area (Å²) in [5.41, 5.74) is 3.92. The van der Waals surface area contributed by atoms with Gasteiger partial charge in [-0.05, 0) is 51.0 Å². The fourth-order valence-corrected chi connectivity index (χ4v) is 2.50. The number of aryl methyl sites for hydroxylation is 2. The minimum Gasteiger partial charge on any atom is -0.468 e. The standard InChI is InChI=1S/C18H23NO4/c1-11(2)19(9-18(21)22-5)17(20)8-14-10-23-16-7-13(4)12(3)6-15(14)16/h6-7,10-11H,8-9H2,1-5H3. The van der Waals surface area contributed by atoms with Crippen molar-refractivity contribution in [3.05, 3.63) is 35.1 Å². The van der Waals surface area contributed by atoms with Crippen LogP contribution in [0.1, 0.15) is 30.5 Å². The lowest BCUT2D eigenvalue weighted by molar-refractivity contribution is -0.147. The molecule has 0 saturated heterocycles. The van der Waals surface area contributed by atoms with Gasteiger partial charge in [0.2, 0.25) is 5.91 Å². The number of rotatable bonds is 5. The van der Waals surface area contributed by atoms with Crippen molar-refractivity contribution in [2.24, 2.45) is 0 Å². The molecule has 0 fully saturated rings. The van der Waals surface area contributed by atoms with E-state index in [1.54, 1.807) is 6.26 Å². The van der Waals surface area contributed by atoms with Gasteiger partial charge in [-0.3, -0.25) is 9.59 Å². The number of hydrogen-bond acceptors (Lipinski definition) is 4. The van der Waals surface area contributed by atoms with Crippen LogP contribution < -0.4 is 0 Å². The van der Waals surface area contributed by atoms with Crippen LogP contribution in [0.5, 0.6) is 0 Å². The molecular weight excluding hydrogens is 294 g/mol. The van der Waals surface area contributed by atoms with Crippen molar-refractivity contribution < 1.29 is 18.7 Å². The van der Waals surface area contributed by atoms with Gasteiger partial charge in [-0.1, -0.05) is 0 Å². The molecule has 2 rings (SSSR count). The van der Waals surface area contributed by atoms with Crippen LogP contribution in [-0.2, 0) is 20.7 Å². The minimum absolute atomic E-state index is 0.0408. The van der Waals surface area contributed by atoms with Crippen LogP contribution in [0.3, 0.4) is 0 Å². The molecule has 124 valence electrons. The van der Waals surface area contributed by atoms with E-state index in [9.17, 15) is 9.59 Å². The van der Waals surface area contributed by atoms with Gasteiger partial charge in [0, 0.05) is 17.0 Å². The highest BCUT2D eigenvalue weighted by Gasteiger charge is 2.22. The fourth-order valence-electron chi connectivity index (χ4n) is 2.50. The number of fused-ring (bicyclic) bond motifs is 1. The second kappa shape index (κ2) is 6.86. The number of amides is 1. The molecule has 1 heterocycles. The maximum absolute atomic E-state index is 12.6. The van der Waals surface area contributed by atoms with Crippen LogP contribution in [0.4, 0.5) is 0 Å². The molecule has 0 bridgehead atoms. The van der Waals surface area contributed by atoms with E-state index in [0.29, 0.717) is 0 Å². The molecule has 1 aromatic heterocycles. The van der Waals surface area contributed by atoms with E-state index in [0.717, 1.165) is 27.7 Å². The van der Waals surface area contributed by atoms with Gasteiger partial charge in [0.15, 0.2) is 0 Å². The third kappa shape index (κ3) is 3.73. The maximum atomic E-state index is 12.6. The van der Waals surface area contributed by atoms with Crippen LogP contribution in [0.2, 0.25) is 0 Å². The smallest absolute Gasteiger partial charge is 0.325 e. The van der Waals surface area contributed by atoms with Crippen molar-refractivity contribution >= 4 is 22.8 Å². The van der Waals surface area contributed by atoms with Crippen molar-refractivity contribution in [3.63, 3.8) is 0 Å². The summed E-state index contributed by atoms with van der Waals surface area (Å²) < 4.78 is 10.2. The summed E-state index contributed by atoms with van der Waals surface area (Å²) in [7, 11) is 1.32. The van der Waals surface area contributed by atoms with Gasteiger partial charge in [0.25, 0.3) is 0 Å². The van der Waals surface area contributed by atoms with E-state index in [-0.39, 0.29) is 24.9 Å². The highest BCUT2D eigenvalue weighted by atomic mass is 16.5.